The van der Waals surface area contributed by atoms with E-state index in [-0.39, 0.29) is 0 Å². The second-order valence-electron chi connectivity index (χ2n) is 8.17. The van der Waals surface area contributed by atoms with Crippen molar-refractivity contribution in [1.82, 2.24) is 4.57 Å². The molecule has 1 nitrogen and oxygen atoms in total. The minimum atomic E-state index is 0.653. The predicted octanol–water partition coefficient (Wildman–Crippen LogP) is 7.58. The largest absolute Gasteiger partial charge is 0.336 e. The smallest absolute Gasteiger partial charge is 0.0535 e. The number of benzene rings is 2. The normalized spacial score (nSPS) is 16.8. The van der Waals surface area contributed by atoms with Gasteiger partial charge < -0.3 is 4.57 Å². The highest BCUT2D eigenvalue weighted by atomic mass is 15.0. The molecule has 2 aliphatic rings. The Kier molecular flexibility index (Phi) is 4.31. The Morgan fingerprint density at radius 2 is 1.75 bits per heavy atom. The molecular weight excluding hydrogens is 338 g/mol. The Morgan fingerprint density at radius 3 is 2.54 bits per heavy atom. The van der Waals surface area contributed by atoms with E-state index < -0.39 is 0 Å². The minimum absolute atomic E-state index is 0.653. The van der Waals surface area contributed by atoms with Crippen LogP contribution in [0.3, 0.4) is 0 Å². The zero-order valence-electron chi connectivity index (χ0n) is 16.5. The third-order valence-electron chi connectivity index (χ3n) is 6.54. The molecule has 3 aromatic rings. The van der Waals surface area contributed by atoms with Crippen LogP contribution in [0.1, 0.15) is 54.7 Å². The van der Waals surface area contributed by atoms with E-state index in [0.717, 1.165) is 6.54 Å². The summed E-state index contributed by atoms with van der Waals surface area (Å²) < 4.78 is 2.53. The molecule has 1 fully saturated rings. The Bertz CT molecular complexity index is 1100. The second-order valence-corrected chi connectivity index (χ2v) is 8.17. The predicted molar refractivity (Wildman–Crippen MR) is 121 cm³/mol. The third-order valence-corrected chi connectivity index (χ3v) is 6.54. The lowest BCUT2D eigenvalue weighted by molar-refractivity contribution is 0.445. The van der Waals surface area contributed by atoms with Gasteiger partial charge in [0.25, 0.3) is 0 Å². The van der Waals surface area contributed by atoms with Gasteiger partial charge in [-0.15, -0.1) is 0 Å². The molecule has 0 bridgehead atoms. The standard InChI is InChI=1S/C27H27N/c1-3-19-14-15-24-25(17-19)28-18-20(4-2)16-22-12-8-9-13-23(22)27(28)26(24)21-10-6-5-7-11-21/h3-4,8-9,12-17,21H,1-2,5-7,10-11,18H2. The zero-order valence-corrected chi connectivity index (χ0v) is 16.5. The maximum atomic E-state index is 4.08. The molecule has 0 saturated heterocycles. The number of rotatable bonds is 3. The molecular formula is C27H27N. The van der Waals surface area contributed by atoms with Crippen LogP contribution >= 0.6 is 0 Å². The van der Waals surface area contributed by atoms with Crippen molar-refractivity contribution in [2.75, 3.05) is 0 Å². The number of hydrogen-bond acceptors (Lipinski definition) is 0. The second kappa shape index (κ2) is 6.98. The molecule has 0 radical (unpaired) electrons. The van der Waals surface area contributed by atoms with Crippen LogP contribution in [-0.4, -0.2) is 4.57 Å². The third kappa shape index (κ3) is 2.69. The number of allylic oxidation sites excluding steroid dienone is 2. The maximum Gasteiger partial charge on any atom is 0.0535 e. The maximum absolute atomic E-state index is 4.08. The van der Waals surface area contributed by atoms with Gasteiger partial charge in [0.2, 0.25) is 0 Å². The highest BCUT2D eigenvalue weighted by Crippen LogP contribution is 2.46. The first-order valence-electron chi connectivity index (χ1n) is 10.5. The minimum Gasteiger partial charge on any atom is -0.336 e. The lowest BCUT2D eigenvalue weighted by Crippen LogP contribution is -2.07. The molecule has 28 heavy (non-hydrogen) atoms. The topological polar surface area (TPSA) is 4.93 Å². The molecule has 5 rings (SSSR count). The summed E-state index contributed by atoms with van der Waals surface area (Å²) >= 11 is 0. The quantitative estimate of drug-likeness (QED) is 0.451. The van der Waals surface area contributed by atoms with Crippen molar-refractivity contribution in [3.63, 3.8) is 0 Å². The molecule has 1 heteroatoms. The van der Waals surface area contributed by atoms with Gasteiger partial charge in [-0.1, -0.05) is 81.0 Å². The first-order valence-corrected chi connectivity index (χ1v) is 10.5. The monoisotopic (exact) mass is 365 g/mol. The molecule has 0 amide bonds. The molecule has 1 saturated carbocycles. The number of hydrogen-bond donors (Lipinski definition) is 0. The van der Waals surface area contributed by atoms with Gasteiger partial charge in [-0.3, -0.25) is 0 Å². The number of nitrogens with zero attached hydrogens (tertiary/aromatic N) is 1. The van der Waals surface area contributed by atoms with E-state index in [4.69, 9.17) is 0 Å². The van der Waals surface area contributed by atoms with Crippen molar-refractivity contribution in [2.45, 2.75) is 44.6 Å². The van der Waals surface area contributed by atoms with Crippen LogP contribution in [0.2, 0.25) is 0 Å². The Morgan fingerprint density at radius 1 is 0.929 bits per heavy atom. The summed E-state index contributed by atoms with van der Waals surface area (Å²) in [4.78, 5) is 0. The van der Waals surface area contributed by atoms with Crippen LogP contribution in [0.4, 0.5) is 0 Å². The molecule has 2 aromatic carbocycles. The number of fused-ring (bicyclic) bond motifs is 5. The van der Waals surface area contributed by atoms with Gasteiger partial charge in [0.15, 0.2) is 0 Å². The fraction of sp³-hybridized carbons (Fsp3) is 0.259. The van der Waals surface area contributed by atoms with Crippen molar-refractivity contribution in [2.24, 2.45) is 0 Å². The van der Waals surface area contributed by atoms with E-state index in [1.54, 1.807) is 5.56 Å². The molecule has 1 aliphatic heterocycles. The highest BCUT2D eigenvalue weighted by Gasteiger charge is 2.28. The first-order chi connectivity index (χ1) is 13.8. The Hall–Kier alpha value is -2.80. The summed E-state index contributed by atoms with van der Waals surface area (Å²) in [6.07, 6.45) is 13.0. The molecule has 1 aliphatic carbocycles. The van der Waals surface area contributed by atoms with Gasteiger partial charge in [-0.2, -0.15) is 0 Å². The Balaban J connectivity index is 1.88. The molecule has 0 atom stereocenters. The van der Waals surface area contributed by atoms with Crippen molar-refractivity contribution < 1.29 is 0 Å². The van der Waals surface area contributed by atoms with E-state index in [1.165, 1.54) is 71.0 Å². The van der Waals surface area contributed by atoms with Gasteiger partial charge in [-0.25, -0.2) is 0 Å². The van der Waals surface area contributed by atoms with E-state index in [2.05, 4.69) is 66.3 Å². The zero-order chi connectivity index (χ0) is 19.1. The van der Waals surface area contributed by atoms with Crippen LogP contribution in [0.15, 0.2) is 67.3 Å². The first kappa shape index (κ1) is 17.3. The summed E-state index contributed by atoms with van der Waals surface area (Å²) in [6, 6.07) is 15.7. The molecule has 0 unspecified atom stereocenters. The average Bonchev–Trinajstić information content (AvgIpc) is 2.96. The molecule has 1 aromatic heterocycles. The fourth-order valence-corrected chi connectivity index (χ4v) is 5.17. The molecule has 0 N–H and O–H groups in total. The van der Waals surface area contributed by atoms with Crippen LogP contribution in [0.25, 0.3) is 34.3 Å². The lowest BCUT2D eigenvalue weighted by atomic mass is 9.81. The highest BCUT2D eigenvalue weighted by molar-refractivity contribution is 5.96. The van der Waals surface area contributed by atoms with Gasteiger partial charge in [0.1, 0.15) is 0 Å². The van der Waals surface area contributed by atoms with E-state index in [0.29, 0.717) is 5.92 Å². The SMILES string of the molecule is C=CC1=Cc2ccccc2-c2c(C3CCCCC3)c3ccc(C=C)cc3n2C1. The summed E-state index contributed by atoms with van der Waals surface area (Å²) in [7, 11) is 0. The van der Waals surface area contributed by atoms with Gasteiger partial charge >= 0.3 is 0 Å². The molecule has 2 heterocycles. The van der Waals surface area contributed by atoms with E-state index in [1.807, 2.05) is 12.2 Å². The summed E-state index contributed by atoms with van der Waals surface area (Å²) in [5, 5.41) is 1.42. The molecule has 140 valence electrons. The van der Waals surface area contributed by atoms with Crippen molar-refractivity contribution in [3.8, 4) is 11.3 Å². The van der Waals surface area contributed by atoms with Crippen LogP contribution in [0, 0.1) is 0 Å². The summed E-state index contributed by atoms with van der Waals surface area (Å²) in [5.74, 6) is 0.653. The van der Waals surface area contributed by atoms with E-state index >= 15 is 0 Å². The van der Waals surface area contributed by atoms with Crippen molar-refractivity contribution in [1.29, 1.82) is 0 Å². The van der Waals surface area contributed by atoms with Crippen LogP contribution in [0.5, 0.6) is 0 Å². The van der Waals surface area contributed by atoms with Gasteiger partial charge in [-0.05, 0) is 53.2 Å². The Labute approximate surface area is 167 Å². The lowest BCUT2D eigenvalue weighted by Gasteiger charge is -2.24. The summed E-state index contributed by atoms with van der Waals surface area (Å²) in [5.41, 5.74) is 9.43. The van der Waals surface area contributed by atoms with Gasteiger partial charge in [0.05, 0.1) is 5.69 Å². The van der Waals surface area contributed by atoms with Crippen LogP contribution < -0.4 is 0 Å². The number of aromatic nitrogens is 1. The fourth-order valence-electron chi connectivity index (χ4n) is 5.17. The average molecular weight is 366 g/mol. The van der Waals surface area contributed by atoms with Gasteiger partial charge in [0, 0.05) is 23.0 Å². The van der Waals surface area contributed by atoms with Crippen molar-refractivity contribution >= 4 is 23.1 Å². The van der Waals surface area contributed by atoms with Crippen molar-refractivity contribution in [3.05, 3.63) is 84.0 Å². The van der Waals surface area contributed by atoms with E-state index in [9.17, 15) is 0 Å². The molecule has 0 spiro atoms. The summed E-state index contributed by atoms with van der Waals surface area (Å²) in [6.45, 7) is 8.95. The van der Waals surface area contributed by atoms with Crippen LogP contribution in [-0.2, 0) is 6.54 Å².